The zero-order valence-electron chi connectivity index (χ0n) is 13.7. The third-order valence-corrected chi connectivity index (χ3v) is 5.97. The van der Waals surface area contributed by atoms with Crippen molar-refractivity contribution in [1.82, 2.24) is 9.62 Å². The minimum absolute atomic E-state index is 0.177. The third-order valence-electron chi connectivity index (χ3n) is 4.13. The molecule has 26 heavy (non-hydrogen) atoms. The molecule has 2 rings (SSSR count). The molecule has 0 unspecified atom stereocenters. The molecule has 1 aliphatic rings. The molecule has 0 saturated carbocycles. The summed E-state index contributed by atoms with van der Waals surface area (Å²) in [6.45, 7) is -0.176. The number of rotatable bonds is 5. The Balaban J connectivity index is 2.22. The van der Waals surface area contributed by atoms with Crippen LogP contribution in [0.5, 0.6) is 0 Å². The van der Waals surface area contributed by atoms with E-state index in [1.165, 1.54) is 31.2 Å². The molecule has 0 radical (unpaired) electrons. The van der Waals surface area contributed by atoms with Crippen molar-refractivity contribution in [3.63, 3.8) is 0 Å². The normalized spacial score (nSPS) is 21.5. The van der Waals surface area contributed by atoms with Gasteiger partial charge in [0, 0.05) is 26.6 Å². The summed E-state index contributed by atoms with van der Waals surface area (Å²) in [5.74, 6) is -6.05. The van der Waals surface area contributed by atoms with Crippen LogP contribution in [0.1, 0.15) is 12.5 Å². The highest BCUT2D eigenvalue weighted by molar-refractivity contribution is 7.89. The fraction of sp³-hybridized carbons (Fsp3) is 0.467. The predicted octanol–water partition coefficient (Wildman–Crippen LogP) is 1.21. The predicted molar refractivity (Wildman–Crippen MR) is 83.4 cm³/mol. The largest absolute Gasteiger partial charge is 0.481 e. The van der Waals surface area contributed by atoms with E-state index in [1.54, 1.807) is 0 Å². The molecule has 0 aliphatic carbocycles. The lowest BCUT2D eigenvalue weighted by molar-refractivity contribution is -0.187. The van der Waals surface area contributed by atoms with Crippen LogP contribution >= 0.6 is 0 Å². The van der Waals surface area contributed by atoms with Crippen LogP contribution in [0.4, 0.5) is 13.2 Å². The summed E-state index contributed by atoms with van der Waals surface area (Å²) in [6, 6.07) is 5.27. The van der Waals surface area contributed by atoms with E-state index in [2.05, 4.69) is 5.32 Å². The van der Waals surface area contributed by atoms with Crippen LogP contribution in [-0.4, -0.2) is 49.0 Å². The SMILES string of the molecule is CC(=O)NCc1ccc(S(=O)(=O)N2C[C@@H](C(F)(F)F)[C@H](C(=O)O)C2)cc1. The summed E-state index contributed by atoms with van der Waals surface area (Å²) in [6.07, 6.45) is -4.81. The number of amides is 1. The number of alkyl halides is 3. The van der Waals surface area contributed by atoms with E-state index >= 15 is 0 Å². The number of halogens is 3. The van der Waals surface area contributed by atoms with Crippen LogP contribution < -0.4 is 5.32 Å². The number of benzene rings is 1. The molecule has 11 heteroatoms. The van der Waals surface area contributed by atoms with E-state index in [9.17, 15) is 31.2 Å². The van der Waals surface area contributed by atoms with Gasteiger partial charge in [-0.25, -0.2) is 8.42 Å². The Hall–Kier alpha value is -2.14. The fourth-order valence-corrected chi connectivity index (χ4v) is 4.19. The maximum absolute atomic E-state index is 13.0. The van der Waals surface area contributed by atoms with Gasteiger partial charge in [0.25, 0.3) is 0 Å². The number of carboxylic acids is 1. The number of sulfonamides is 1. The van der Waals surface area contributed by atoms with Crippen molar-refractivity contribution in [2.75, 3.05) is 13.1 Å². The van der Waals surface area contributed by atoms with Crippen molar-refractivity contribution in [2.24, 2.45) is 11.8 Å². The Bertz CT molecular complexity index is 792. The molecule has 0 aromatic heterocycles. The molecular weight excluding hydrogens is 377 g/mol. The number of nitrogens with zero attached hydrogens (tertiary/aromatic N) is 1. The number of aliphatic carboxylic acids is 1. The molecule has 144 valence electrons. The Labute approximate surface area is 147 Å². The lowest BCUT2D eigenvalue weighted by atomic mass is 9.96. The first kappa shape index (κ1) is 20.2. The number of carbonyl (C=O) groups is 2. The molecule has 0 spiro atoms. The summed E-state index contributed by atoms with van der Waals surface area (Å²) < 4.78 is 64.7. The van der Waals surface area contributed by atoms with E-state index < -0.39 is 47.1 Å². The first-order chi connectivity index (χ1) is 11.9. The van der Waals surface area contributed by atoms with Crippen LogP contribution in [-0.2, 0) is 26.2 Å². The minimum Gasteiger partial charge on any atom is -0.481 e. The van der Waals surface area contributed by atoms with Crippen molar-refractivity contribution in [2.45, 2.75) is 24.5 Å². The molecule has 1 aromatic rings. The second kappa shape index (κ2) is 7.23. The maximum atomic E-state index is 13.0. The lowest BCUT2D eigenvalue weighted by Gasteiger charge is -2.18. The van der Waals surface area contributed by atoms with Gasteiger partial charge in [0.1, 0.15) is 0 Å². The van der Waals surface area contributed by atoms with E-state index in [-0.39, 0.29) is 17.3 Å². The van der Waals surface area contributed by atoms with Crippen LogP contribution in [0, 0.1) is 11.8 Å². The number of carboxylic acid groups (broad SMARTS) is 1. The van der Waals surface area contributed by atoms with Crippen molar-refractivity contribution in [1.29, 1.82) is 0 Å². The molecule has 1 aromatic carbocycles. The summed E-state index contributed by atoms with van der Waals surface area (Å²) in [5, 5.41) is 11.5. The molecule has 0 bridgehead atoms. The Kier molecular flexibility index (Phi) is 5.61. The molecule has 1 aliphatic heterocycles. The van der Waals surface area contributed by atoms with Gasteiger partial charge in [0.2, 0.25) is 15.9 Å². The van der Waals surface area contributed by atoms with Crippen LogP contribution in [0.25, 0.3) is 0 Å². The van der Waals surface area contributed by atoms with Crippen LogP contribution in [0.2, 0.25) is 0 Å². The van der Waals surface area contributed by atoms with E-state index in [4.69, 9.17) is 5.11 Å². The maximum Gasteiger partial charge on any atom is 0.393 e. The molecule has 2 atom stereocenters. The quantitative estimate of drug-likeness (QED) is 0.781. The standard InChI is InChI=1S/C15H17F3N2O5S/c1-9(21)19-6-10-2-4-11(5-3-10)26(24,25)20-7-12(14(22)23)13(8-20)15(16,17)18/h2-5,12-13H,6-8H2,1H3,(H,19,21)(H,22,23)/t12-,13-/m1/s1. The second-order valence-electron chi connectivity index (χ2n) is 5.97. The van der Waals surface area contributed by atoms with Gasteiger partial charge in [-0.2, -0.15) is 17.5 Å². The highest BCUT2D eigenvalue weighted by Gasteiger charge is 2.54. The first-order valence-electron chi connectivity index (χ1n) is 7.56. The van der Waals surface area contributed by atoms with Gasteiger partial charge in [-0.3, -0.25) is 9.59 Å². The van der Waals surface area contributed by atoms with Gasteiger partial charge in [-0.15, -0.1) is 0 Å². The molecule has 1 fully saturated rings. The molecule has 1 amide bonds. The van der Waals surface area contributed by atoms with E-state index in [0.717, 1.165) is 0 Å². The lowest BCUT2D eigenvalue weighted by Crippen LogP contribution is -2.34. The van der Waals surface area contributed by atoms with E-state index in [0.29, 0.717) is 9.87 Å². The van der Waals surface area contributed by atoms with E-state index in [1.807, 2.05) is 0 Å². The average molecular weight is 394 g/mol. The molecule has 1 heterocycles. The Morgan fingerprint density at radius 2 is 1.81 bits per heavy atom. The van der Waals surface area contributed by atoms with Crippen molar-refractivity contribution in [3.05, 3.63) is 29.8 Å². The highest BCUT2D eigenvalue weighted by atomic mass is 32.2. The Morgan fingerprint density at radius 1 is 1.23 bits per heavy atom. The summed E-state index contributed by atoms with van der Waals surface area (Å²) in [5.41, 5.74) is 0.608. The number of carbonyl (C=O) groups excluding carboxylic acids is 1. The van der Waals surface area contributed by atoms with Gasteiger partial charge in [-0.1, -0.05) is 12.1 Å². The van der Waals surface area contributed by atoms with Gasteiger partial charge < -0.3 is 10.4 Å². The van der Waals surface area contributed by atoms with Crippen molar-refractivity contribution >= 4 is 21.9 Å². The second-order valence-corrected chi connectivity index (χ2v) is 7.91. The van der Waals surface area contributed by atoms with Crippen LogP contribution in [0.3, 0.4) is 0 Å². The number of hydrogen-bond acceptors (Lipinski definition) is 4. The summed E-state index contributed by atoms with van der Waals surface area (Å²) in [7, 11) is -4.26. The van der Waals surface area contributed by atoms with Gasteiger partial charge in [0.05, 0.1) is 16.7 Å². The number of hydrogen-bond donors (Lipinski definition) is 2. The van der Waals surface area contributed by atoms with Crippen LogP contribution in [0.15, 0.2) is 29.2 Å². The van der Waals surface area contributed by atoms with Crippen molar-refractivity contribution in [3.8, 4) is 0 Å². The topological polar surface area (TPSA) is 104 Å². The summed E-state index contributed by atoms with van der Waals surface area (Å²) >= 11 is 0. The third kappa shape index (κ3) is 4.33. The van der Waals surface area contributed by atoms with Gasteiger partial charge in [-0.05, 0) is 17.7 Å². The summed E-state index contributed by atoms with van der Waals surface area (Å²) in [4.78, 5) is 21.7. The first-order valence-corrected chi connectivity index (χ1v) is 9.00. The Morgan fingerprint density at radius 3 is 2.23 bits per heavy atom. The molecule has 2 N–H and O–H groups in total. The highest BCUT2D eigenvalue weighted by Crippen LogP contribution is 2.39. The zero-order valence-corrected chi connectivity index (χ0v) is 14.5. The molecule has 1 saturated heterocycles. The smallest absolute Gasteiger partial charge is 0.393 e. The zero-order chi connectivity index (χ0) is 19.7. The molecule has 7 nitrogen and oxygen atoms in total. The van der Waals surface area contributed by atoms with Crippen molar-refractivity contribution < 1.29 is 36.3 Å². The van der Waals surface area contributed by atoms with Gasteiger partial charge >= 0.3 is 12.1 Å². The van der Waals surface area contributed by atoms with Gasteiger partial charge in [0.15, 0.2) is 0 Å². The fourth-order valence-electron chi connectivity index (χ4n) is 2.70. The average Bonchev–Trinajstić information content (AvgIpc) is 3.00. The monoisotopic (exact) mass is 394 g/mol. The minimum atomic E-state index is -4.81. The number of nitrogens with one attached hydrogen (secondary N) is 1. The molecular formula is C15H17F3N2O5S.